The molecular weight excluding hydrogens is 288 g/mol. The van der Waals surface area contributed by atoms with Gasteiger partial charge in [-0.3, -0.25) is 15.4 Å². The van der Waals surface area contributed by atoms with Gasteiger partial charge in [0.15, 0.2) is 0 Å². The van der Waals surface area contributed by atoms with Gasteiger partial charge in [-0.2, -0.15) is 0 Å². The van der Waals surface area contributed by atoms with E-state index in [1.165, 1.54) is 12.1 Å². The number of nitrogens with one attached hydrogen (secondary N) is 1. The zero-order chi connectivity index (χ0) is 15.7. The maximum Gasteiger partial charge on any atom is 0.410 e. The zero-order valence-corrected chi connectivity index (χ0v) is 11.1. The number of nitro groups is 1. The third-order valence-electron chi connectivity index (χ3n) is 3.15. The first-order chi connectivity index (χ1) is 10.5. The largest absolute Gasteiger partial charge is 0.465 e. The molecule has 0 aliphatic heterocycles. The number of carboxylic acid groups (broad SMARTS) is 1. The number of hydrogen-bond donors (Lipinski definition) is 2. The Morgan fingerprint density at radius 3 is 2.64 bits per heavy atom. The molecule has 2 aromatic heterocycles. The van der Waals surface area contributed by atoms with Gasteiger partial charge in [-0.25, -0.2) is 9.78 Å². The van der Waals surface area contributed by atoms with Crippen LogP contribution in [0.2, 0.25) is 0 Å². The Morgan fingerprint density at radius 2 is 2.00 bits per heavy atom. The lowest BCUT2D eigenvalue weighted by atomic mass is 10.2. The van der Waals surface area contributed by atoms with Crippen molar-refractivity contribution < 1.29 is 14.8 Å². The van der Waals surface area contributed by atoms with E-state index in [-0.39, 0.29) is 11.5 Å². The summed E-state index contributed by atoms with van der Waals surface area (Å²) in [5.41, 5.74) is 1.48. The van der Waals surface area contributed by atoms with Crippen molar-refractivity contribution in [2.45, 2.75) is 0 Å². The number of aromatic nitrogens is 2. The molecular formula is C14H10N4O4. The van der Waals surface area contributed by atoms with Crippen molar-refractivity contribution in [3.05, 3.63) is 58.9 Å². The van der Waals surface area contributed by atoms with Crippen molar-refractivity contribution in [2.24, 2.45) is 0 Å². The van der Waals surface area contributed by atoms with Crippen LogP contribution in [-0.2, 0) is 0 Å². The summed E-state index contributed by atoms with van der Waals surface area (Å²) >= 11 is 0. The van der Waals surface area contributed by atoms with E-state index in [1.807, 2.05) is 6.07 Å². The maximum absolute atomic E-state index is 10.7. The summed E-state index contributed by atoms with van der Waals surface area (Å²) in [5, 5.41) is 22.4. The molecule has 8 nitrogen and oxygen atoms in total. The SMILES string of the molecule is O=C(O)Nc1cc2c(ccn2-c2ccc([N+](=O)[O-])cc2)cn1. The van der Waals surface area contributed by atoms with Crippen LogP contribution in [0.1, 0.15) is 0 Å². The van der Waals surface area contributed by atoms with E-state index in [9.17, 15) is 14.9 Å². The minimum atomic E-state index is -1.19. The third kappa shape index (κ3) is 2.44. The van der Waals surface area contributed by atoms with E-state index in [0.717, 1.165) is 16.6 Å². The fourth-order valence-corrected chi connectivity index (χ4v) is 2.17. The monoisotopic (exact) mass is 298 g/mol. The predicted molar refractivity (Wildman–Crippen MR) is 79.4 cm³/mol. The van der Waals surface area contributed by atoms with Gasteiger partial charge in [0.2, 0.25) is 0 Å². The molecule has 2 N–H and O–H groups in total. The molecule has 8 heteroatoms. The summed E-state index contributed by atoms with van der Waals surface area (Å²) in [7, 11) is 0. The number of nitro benzene ring substituents is 1. The Hall–Kier alpha value is -3.42. The van der Waals surface area contributed by atoms with Crippen LogP contribution in [0.25, 0.3) is 16.6 Å². The first-order valence-corrected chi connectivity index (χ1v) is 6.26. The summed E-state index contributed by atoms with van der Waals surface area (Å²) in [6.45, 7) is 0. The first kappa shape index (κ1) is 13.6. The van der Waals surface area contributed by atoms with Crippen LogP contribution in [-0.4, -0.2) is 25.7 Å². The zero-order valence-electron chi connectivity index (χ0n) is 11.1. The molecule has 0 aliphatic rings. The number of carbonyl (C=O) groups is 1. The van der Waals surface area contributed by atoms with E-state index < -0.39 is 11.0 Å². The molecule has 0 saturated carbocycles. The van der Waals surface area contributed by atoms with E-state index in [4.69, 9.17) is 5.11 Å². The van der Waals surface area contributed by atoms with E-state index in [2.05, 4.69) is 10.3 Å². The van der Waals surface area contributed by atoms with Crippen LogP contribution < -0.4 is 5.32 Å². The molecule has 0 saturated heterocycles. The first-order valence-electron chi connectivity index (χ1n) is 6.26. The van der Waals surface area contributed by atoms with Gasteiger partial charge in [0.1, 0.15) is 5.82 Å². The lowest BCUT2D eigenvalue weighted by Crippen LogP contribution is -2.08. The Labute approximate surface area is 123 Å². The number of amides is 1. The normalized spacial score (nSPS) is 10.5. The molecule has 0 unspecified atom stereocenters. The van der Waals surface area contributed by atoms with Gasteiger partial charge in [-0.1, -0.05) is 0 Å². The summed E-state index contributed by atoms with van der Waals surface area (Å²) in [6, 6.07) is 9.52. The molecule has 0 bridgehead atoms. The van der Waals surface area contributed by atoms with E-state index >= 15 is 0 Å². The van der Waals surface area contributed by atoms with Crippen LogP contribution in [0.4, 0.5) is 16.3 Å². The Balaban J connectivity index is 2.06. The highest BCUT2D eigenvalue weighted by molar-refractivity contribution is 5.88. The van der Waals surface area contributed by atoms with E-state index in [0.29, 0.717) is 0 Å². The van der Waals surface area contributed by atoms with Gasteiger partial charge >= 0.3 is 6.09 Å². The summed E-state index contributed by atoms with van der Waals surface area (Å²) in [4.78, 5) is 24.9. The van der Waals surface area contributed by atoms with Crippen LogP contribution in [0.15, 0.2) is 48.8 Å². The Kier molecular flexibility index (Phi) is 3.18. The molecule has 3 rings (SSSR count). The van der Waals surface area contributed by atoms with Crippen LogP contribution >= 0.6 is 0 Å². The average Bonchev–Trinajstić information content (AvgIpc) is 2.90. The van der Waals surface area contributed by atoms with Gasteiger partial charge in [0.25, 0.3) is 5.69 Å². The van der Waals surface area contributed by atoms with Gasteiger partial charge in [-0.05, 0) is 18.2 Å². The van der Waals surface area contributed by atoms with E-state index in [1.54, 1.807) is 35.2 Å². The lowest BCUT2D eigenvalue weighted by Gasteiger charge is -2.06. The highest BCUT2D eigenvalue weighted by atomic mass is 16.6. The molecule has 1 amide bonds. The molecule has 0 fully saturated rings. The van der Waals surface area contributed by atoms with Crippen molar-refractivity contribution in [1.29, 1.82) is 0 Å². The second kappa shape index (κ2) is 5.17. The minimum absolute atomic E-state index is 0.00936. The van der Waals surface area contributed by atoms with Crippen LogP contribution in [0.5, 0.6) is 0 Å². The third-order valence-corrected chi connectivity index (χ3v) is 3.15. The van der Waals surface area contributed by atoms with Crippen molar-refractivity contribution in [2.75, 3.05) is 5.32 Å². The number of nitrogens with zero attached hydrogens (tertiary/aromatic N) is 3. The second-order valence-corrected chi connectivity index (χ2v) is 4.52. The minimum Gasteiger partial charge on any atom is -0.465 e. The summed E-state index contributed by atoms with van der Waals surface area (Å²) < 4.78 is 1.80. The Morgan fingerprint density at radius 1 is 1.27 bits per heavy atom. The average molecular weight is 298 g/mol. The fourth-order valence-electron chi connectivity index (χ4n) is 2.17. The number of fused-ring (bicyclic) bond motifs is 1. The second-order valence-electron chi connectivity index (χ2n) is 4.52. The van der Waals surface area contributed by atoms with Gasteiger partial charge in [0.05, 0.1) is 10.4 Å². The number of anilines is 1. The van der Waals surface area contributed by atoms with Crippen LogP contribution in [0, 0.1) is 10.1 Å². The standard InChI is InChI=1S/C14H10N4O4/c19-14(20)16-13-7-12-9(8-15-13)5-6-17(12)10-1-3-11(4-2-10)18(21)22/h1-8H,(H,15,16)(H,19,20). The molecule has 1 aromatic carbocycles. The van der Waals surface area contributed by atoms with Crippen molar-refractivity contribution in [3.63, 3.8) is 0 Å². The maximum atomic E-state index is 10.7. The molecule has 0 radical (unpaired) electrons. The molecule has 0 spiro atoms. The number of pyridine rings is 1. The number of non-ortho nitro benzene ring substituents is 1. The van der Waals surface area contributed by atoms with Crippen molar-refractivity contribution >= 4 is 28.5 Å². The number of benzene rings is 1. The smallest absolute Gasteiger partial charge is 0.410 e. The molecule has 0 atom stereocenters. The topological polar surface area (TPSA) is 110 Å². The molecule has 3 aromatic rings. The quantitative estimate of drug-likeness (QED) is 0.570. The fraction of sp³-hybridized carbons (Fsp3) is 0. The highest BCUT2D eigenvalue weighted by Crippen LogP contribution is 2.23. The van der Waals surface area contributed by atoms with Gasteiger partial charge in [-0.15, -0.1) is 0 Å². The lowest BCUT2D eigenvalue weighted by molar-refractivity contribution is -0.384. The Bertz CT molecular complexity index is 870. The molecule has 0 aliphatic carbocycles. The predicted octanol–water partition coefficient (Wildman–Crippen LogP) is 3.02. The summed E-state index contributed by atoms with van der Waals surface area (Å²) in [6.07, 6.45) is 2.15. The highest BCUT2D eigenvalue weighted by Gasteiger charge is 2.09. The molecule has 2 heterocycles. The number of hydrogen-bond acceptors (Lipinski definition) is 4. The van der Waals surface area contributed by atoms with Gasteiger partial charge < -0.3 is 9.67 Å². The number of rotatable bonds is 3. The van der Waals surface area contributed by atoms with Crippen LogP contribution in [0.3, 0.4) is 0 Å². The molecule has 22 heavy (non-hydrogen) atoms. The van der Waals surface area contributed by atoms with Gasteiger partial charge in [0, 0.05) is 41.7 Å². The molecule has 110 valence electrons. The van der Waals surface area contributed by atoms with Crippen molar-refractivity contribution in [1.82, 2.24) is 9.55 Å². The summed E-state index contributed by atoms with van der Waals surface area (Å²) in [5.74, 6) is 0.210. The van der Waals surface area contributed by atoms with Crippen molar-refractivity contribution in [3.8, 4) is 5.69 Å².